The van der Waals surface area contributed by atoms with Gasteiger partial charge < -0.3 is 4.74 Å². The van der Waals surface area contributed by atoms with E-state index in [0.29, 0.717) is 10.6 Å². The molecule has 4 rings (SSSR count). The number of anilines is 1. The van der Waals surface area contributed by atoms with Gasteiger partial charge >= 0.3 is 0 Å². The van der Waals surface area contributed by atoms with E-state index in [1.54, 1.807) is 12.0 Å². The SMILES string of the molecule is COc1ccc(/C=C2/C=C(c3ccc(Cl)cc3)N(c3ccc(I)cc3C)C2=O)cc1. The zero-order valence-corrected chi connectivity index (χ0v) is 19.4. The topological polar surface area (TPSA) is 29.5 Å². The zero-order chi connectivity index (χ0) is 21.3. The molecule has 1 heterocycles. The number of halogens is 2. The van der Waals surface area contributed by atoms with Crippen LogP contribution >= 0.6 is 34.2 Å². The molecule has 3 aromatic rings. The number of hydrogen-bond donors (Lipinski definition) is 0. The Morgan fingerprint density at radius 2 is 1.70 bits per heavy atom. The maximum Gasteiger partial charge on any atom is 0.262 e. The molecule has 3 aromatic carbocycles. The highest BCUT2D eigenvalue weighted by Gasteiger charge is 2.31. The lowest BCUT2D eigenvalue weighted by molar-refractivity contribution is -0.113. The Morgan fingerprint density at radius 3 is 2.33 bits per heavy atom. The van der Waals surface area contributed by atoms with Crippen LogP contribution in [0.15, 0.2) is 78.4 Å². The molecule has 0 bridgehead atoms. The first kappa shape index (κ1) is 20.7. The first-order valence-electron chi connectivity index (χ1n) is 9.40. The van der Waals surface area contributed by atoms with Gasteiger partial charge in [0.25, 0.3) is 5.91 Å². The lowest BCUT2D eigenvalue weighted by atomic mass is 10.1. The van der Waals surface area contributed by atoms with Crippen LogP contribution in [-0.2, 0) is 4.79 Å². The second-order valence-corrected chi connectivity index (χ2v) is 8.66. The average molecular weight is 528 g/mol. The van der Waals surface area contributed by atoms with Crippen molar-refractivity contribution < 1.29 is 9.53 Å². The molecule has 3 nitrogen and oxygen atoms in total. The summed E-state index contributed by atoms with van der Waals surface area (Å²) in [5, 5.41) is 0.662. The molecule has 0 aliphatic carbocycles. The molecule has 0 atom stereocenters. The van der Waals surface area contributed by atoms with Crippen LogP contribution in [0.3, 0.4) is 0 Å². The van der Waals surface area contributed by atoms with E-state index in [-0.39, 0.29) is 5.91 Å². The standard InChI is InChI=1S/C25H19ClINO2/c1-16-13-21(27)9-12-23(16)28-24(18-5-7-20(26)8-6-18)15-19(25(28)29)14-17-3-10-22(30-2)11-4-17/h3-15H,1-2H3/b19-14-. The summed E-state index contributed by atoms with van der Waals surface area (Å²) in [5.41, 5.74) is 5.25. The number of ether oxygens (including phenoxy) is 1. The van der Waals surface area contributed by atoms with E-state index in [9.17, 15) is 4.79 Å². The van der Waals surface area contributed by atoms with Crippen molar-refractivity contribution in [3.8, 4) is 5.75 Å². The number of amides is 1. The molecule has 0 saturated carbocycles. The second kappa shape index (κ2) is 8.66. The summed E-state index contributed by atoms with van der Waals surface area (Å²) in [5.74, 6) is 0.725. The summed E-state index contributed by atoms with van der Waals surface area (Å²) in [7, 11) is 1.64. The minimum absolute atomic E-state index is 0.0555. The van der Waals surface area contributed by atoms with E-state index in [1.807, 2.05) is 79.7 Å². The van der Waals surface area contributed by atoms with E-state index in [4.69, 9.17) is 16.3 Å². The monoisotopic (exact) mass is 527 g/mol. The van der Waals surface area contributed by atoms with Gasteiger partial charge in [0.2, 0.25) is 0 Å². The molecule has 0 spiro atoms. The summed E-state index contributed by atoms with van der Waals surface area (Å²) in [6.45, 7) is 2.02. The van der Waals surface area contributed by atoms with E-state index in [2.05, 4.69) is 28.7 Å². The van der Waals surface area contributed by atoms with E-state index in [0.717, 1.165) is 37.4 Å². The van der Waals surface area contributed by atoms with Gasteiger partial charge in [0.1, 0.15) is 5.75 Å². The molecule has 30 heavy (non-hydrogen) atoms. The van der Waals surface area contributed by atoms with E-state index < -0.39 is 0 Å². The summed E-state index contributed by atoms with van der Waals surface area (Å²) in [4.78, 5) is 15.3. The average Bonchev–Trinajstić information content (AvgIpc) is 3.05. The Kier molecular flexibility index (Phi) is 5.97. The molecule has 0 N–H and O–H groups in total. The lowest BCUT2D eigenvalue weighted by Gasteiger charge is -2.23. The summed E-state index contributed by atoms with van der Waals surface area (Å²) < 4.78 is 6.35. The normalized spacial score (nSPS) is 14.9. The van der Waals surface area contributed by atoms with E-state index >= 15 is 0 Å². The van der Waals surface area contributed by atoms with Gasteiger partial charge in [-0.3, -0.25) is 9.69 Å². The van der Waals surface area contributed by atoms with Crippen LogP contribution in [0, 0.1) is 10.5 Å². The fourth-order valence-corrected chi connectivity index (χ4v) is 4.21. The van der Waals surface area contributed by atoms with Gasteiger partial charge in [-0.1, -0.05) is 35.9 Å². The van der Waals surface area contributed by atoms with Crippen molar-refractivity contribution in [3.05, 3.63) is 104 Å². The van der Waals surface area contributed by atoms with Crippen molar-refractivity contribution in [2.24, 2.45) is 0 Å². The van der Waals surface area contributed by atoms with E-state index in [1.165, 1.54) is 0 Å². The molecule has 0 saturated heterocycles. The molecular weight excluding hydrogens is 509 g/mol. The second-order valence-electron chi connectivity index (χ2n) is 6.98. The van der Waals surface area contributed by atoms with Gasteiger partial charge in [-0.25, -0.2) is 0 Å². The van der Waals surface area contributed by atoms with Gasteiger partial charge in [0.15, 0.2) is 0 Å². The fourth-order valence-electron chi connectivity index (χ4n) is 3.44. The third-order valence-electron chi connectivity index (χ3n) is 4.96. The van der Waals surface area contributed by atoms with Crippen LogP contribution in [0.2, 0.25) is 5.02 Å². The Hall–Kier alpha value is -2.57. The van der Waals surface area contributed by atoms with Gasteiger partial charge in [-0.2, -0.15) is 0 Å². The number of carbonyl (C=O) groups excluding carboxylic acids is 1. The lowest BCUT2D eigenvalue weighted by Crippen LogP contribution is -2.25. The van der Waals surface area contributed by atoms with Gasteiger partial charge in [-0.15, -0.1) is 0 Å². The Balaban J connectivity index is 1.82. The maximum atomic E-state index is 13.5. The number of methoxy groups -OCH3 is 1. The molecular formula is C25H19ClINO2. The molecule has 150 valence electrons. The number of nitrogens with zero attached hydrogens (tertiary/aromatic N) is 1. The number of benzene rings is 3. The molecule has 0 fully saturated rings. The van der Waals surface area contributed by atoms with Crippen molar-refractivity contribution in [1.82, 2.24) is 0 Å². The van der Waals surface area contributed by atoms with Gasteiger partial charge in [0, 0.05) is 14.2 Å². The van der Waals surface area contributed by atoms with Crippen LogP contribution in [0.25, 0.3) is 11.8 Å². The summed E-state index contributed by atoms with van der Waals surface area (Å²) in [6, 6.07) is 21.3. The van der Waals surface area contributed by atoms with Crippen molar-refractivity contribution >= 4 is 57.6 Å². The van der Waals surface area contributed by atoms with Crippen LogP contribution in [0.4, 0.5) is 5.69 Å². The van der Waals surface area contributed by atoms with Crippen LogP contribution < -0.4 is 9.64 Å². The minimum Gasteiger partial charge on any atom is -0.497 e. The highest BCUT2D eigenvalue weighted by Crippen LogP contribution is 2.37. The first-order valence-corrected chi connectivity index (χ1v) is 10.9. The Labute approximate surface area is 194 Å². The molecule has 1 amide bonds. The van der Waals surface area contributed by atoms with Crippen molar-refractivity contribution in [1.29, 1.82) is 0 Å². The predicted molar refractivity (Wildman–Crippen MR) is 132 cm³/mol. The quantitative estimate of drug-likeness (QED) is 0.278. The number of carbonyl (C=O) groups is 1. The third-order valence-corrected chi connectivity index (χ3v) is 5.88. The van der Waals surface area contributed by atoms with Crippen LogP contribution in [-0.4, -0.2) is 13.0 Å². The van der Waals surface area contributed by atoms with Crippen molar-refractivity contribution in [2.45, 2.75) is 6.92 Å². The van der Waals surface area contributed by atoms with Crippen LogP contribution in [0.5, 0.6) is 5.75 Å². The smallest absolute Gasteiger partial charge is 0.262 e. The Morgan fingerprint density at radius 1 is 1.00 bits per heavy atom. The highest BCUT2D eigenvalue weighted by molar-refractivity contribution is 14.1. The molecule has 1 aliphatic rings. The summed E-state index contributed by atoms with van der Waals surface area (Å²) in [6.07, 6.45) is 3.84. The fraction of sp³-hybridized carbons (Fsp3) is 0.0800. The molecule has 1 aliphatic heterocycles. The van der Waals surface area contributed by atoms with Gasteiger partial charge in [0.05, 0.1) is 18.5 Å². The molecule has 0 aromatic heterocycles. The third kappa shape index (κ3) is 4.16. The minimum atomic E-state index is -0.0555. The number of hydrogen-bond acceptors (Lipinski definition) is 2. The van der Waals surface area contributed by atoms with Crippen molar-refractivity contribution in [3.63, 3.8) is 0 Å². The Bertz CT molecular complexity index is 1160. The molecule has 5 heteroatoms. The van der Waals surface area contributed by atoms with Crippen LogP contribution in [0.1, 0.15) is 16.7 Å². The summed E-state index contributed by atoms with van der Waals surface area (Å²) >= 11 is 8.36. The number of aryl methyl sites for hydroxylation is 1. The number of rotatable bonds is 4. The largest absolute Gasteiger partial charge is 0.497 e. The maximum absolute atomic E-state index is 13.5. The zero-order valence-electron chi connectivity index (χ0n) is 16.5. The molecule has 0 radical (unpaired) electrons. The highest BCUT2D eigenvalue weighted by atomic mass is 127. The first-order chi connectivity index (χ1) is 14.5. The van der Waals surface area contributed by atoms with Crippen molar-refractivity contribution in [2.75, 3.05) is 12.0 Å². The van der Waals surface area contributed by atoms with Gasteiger partial charge in [-0.05, 0) is 101 Å². The molecule has 0 unspecified atom stereocenters. The predicted octanol–water partition coefficient (Wildman–Crippen LogP) is 6.73.